The Kier molecular flexibility index (Phi) is 6.15. The quantitative estimate of drug-likeness (QED) is 0.183. The molecule has 0 saturated heterocycles. The lowest BCUT2D eigenvalue weighted by atomic mass is 10.0. The van der Waals surface area contributed by atoms with Crippen molar-refractivity contribution in [3.8, 4) is 33.8 Å². The van der Waals surface area contributed by atoms with Crippen molar-refractivity contribution in [1.29, 1.82) is 0 Å². The molecule has 0 amide bonds. The SMILES string of the molecule is c1ccc(-c2cc(-c3ccccc3)c3nc4c5c(-n6c7ccccc7c7cc8c9ccccc9n(-c9ccccc9)c8cc76)cccc5sc4n3n2)cc1. The standard InChI is InChI=1S/C48H29N5S/c1-4-15-30(16-5-1)35-28-38(31-17-6-2-7-18-31)50-53-47(35)49-46-45-41(25-14-26-44(45)54-48(46)53)52-40-24-13-11-22-34(40)37-27-36-33-21-10-12-23-39(33)51(42(36)29-43(37)52)32-19-8-3-9-20-32/h1-29H. The van der Waals surface area contributed by atoms with E-state index in [-0.39, 0.29) is 0 Å². The summed E-state index contributed by atoms with van der Waals surface area (Å²) in [5.41, 5.74) is 13.0. The summed E-state index contributed by atoms with van der Waals surface area (Å²) in [4.78, 5) is 6.51. The number of hydrogen-bond donors (Lipinski definition) is 0. The Bertz CT molecular complexity index is 3430. The molecule has 12 aromatic rings. The van der Waals surface area contributed by atoms with E-state index in [0.29, 0.717) is 0 Å². The first-order valence-corrected chi connectivity index (χ1v) is 19.0. The van der Waals surface area contributed by atoms with Gasteiger partial charge in [0.15, 0.2) is 5.65 Å². The summed E-state index contributed by atoms with van der Waals surface area (Å²) in [6, 6.07) is 62.8. The molecule has 0 unspecified atom stereocenters. The third-order valence-electron chi connectivity index (χ3n) is 10.9. The molecule has 0 atom stereocenters. The second kappa shape index (κ2) is 11.2. The van der Waals surface area contributed by atoms with E-state index < -0.39 is 0 Å². The van der Waals surface area contributed by atoms with Crippen LogP contribution in [-0.4, -0.2) is 23.7 Å². The molecular weight excluding hydrogens is 679 g/mol. The number of hydrogen-bond acceptors (Lipinski definition) is 3. The zero-order chi connectivity index (χ0) is 35.3. The van der Waals surface area contributed by atoms with E-state index in [4.69, 9.17) is 10.1 Å². The van der Waals surface area contributed by atoms with Gasteiger partial charge < -0.3 is 9.13 Å². The van der Waals surface area contributed by atoms with Crippen molar-refractivity contribution in [2.45, 2.75) is 0 Å². The van der Waals surface area contributed by atoms with Crippen LogP contribution in [0.2, 0.25) is 0 Å². The van der Waals surface area contributed by atoms with Crippen molar-refractivity contribution < 1.29 is 0 Å². The van der Waals surface area contributed by atoms with Gasteiger partial charge in [0, 0.05) is 48.4 Å². The van der Waals surface area contributed by atoms with Gasteiger partial charge in [-0.1, -0.05) is 121 Å². The summed E-state index contributed by atoms with van der Waals surface area (Å²) in [7, 11) is 0. The summed E-state index contributed by atoms with van der Waals surface area (Å²) in [5.74, 6) is 0. The summed E-state index contributed by atoms with van der Waals surface area (Å²) in [6.45, 7) is 0. The number of thiophene rings is 1. The van der Waals surface area contributed by atoms with Crippen LogP contribution in [0.3, 0.4) is 0 Å². The third kappa shape index (κ3) is 4.14. The zero-order valence-electron chi connectivity index (χ0n) is 28.9. The molecule has 7 aromatic carbocycles. The highest BCUT2D eigenvalue weighted by atomic mass is 32.1. The lowest BCUT2D eigenvalue weighted by Crippen LogP contribution is -1.97. The van der Waals surface area contributed by atoms with Crippen LogP contribution in [0, 0.1) is 0 Å². The highest BCUT2D eigenvalue weighted by molar-refractivity contribution is 7.25. The fraction of sp³-hybridized carbons (Fsp3) is 0. The van der Waals surface area contributed by atoms with Crippen LogP contribution >= 0.6 is 11.3 Å². The van der Waals surface area contributed by atoms with Gasteiger partial charge in [0.2, 0.25) is 0 Å². The van der Waals surface area contributed by atoms with E-state index >= 15 is 0 Å². The van der Waals surface area contributed by atoms with Crippen molar-refractivity contribution in [3.63, 3.8) is 0 Å². The van der Waals surface area contributed by atoms with Crippen molar-refractivity contribution >= 4 is 81.0 Å². The predicted molar refractivity (Wildman–Crippen MR) is 225 cm³/mol. The Morgan fingerprint density at radius 1 is 0.463 bits per heavy atom. The molecule has 0 spiro atoms. The number of para-hydroxylation sites is 3. The molecule has 0 aliphatic heterocycles. The maximum absolute atomic E-state index is 5.47. The number of rotatable bonds is 4. The first kappa shape index (κ1) is 29.5. The summed E-state index contributed by atoms with van der Waals surface area (Å²) in [5, 5.41) is 11.3. The fourth-order valence-electron chi connectivity index (χ4n) is 8.52. The van der Waals surface area contributed by atoms with Gasteiger partial charge in [-0.25, -0.2) is 9.50 Å². The first-order valence-electron chi connectivity index (χ1n) is 18.2. The number of fused-ring (bicyclic) bond motifs is 11. The van der Waals surface area contributed by atoms with Gasteiger partial charge in [0.25, 0.3) is 0 Å². The van der Waals surface area contributed by atoms with Gasteiger partial charge in [-0.15, -0.1) is 11.3 Å². The van der Waals surface area contributed by atoms with Crippen LogP contribution < -0.4 is 0 Å². The van der Waals surface area contributed by atoms with Crippen molar-refractivity contribution in [2.24, 2.45) is 0 Å². The first-order chi connectivity index (χ1) is 26.8. The van der Waals surface area contributed by atoms with Gasteiger partial charge in [-0.3, -0.25) is 0 Å². The molecule has 0 radical (unpaired) electrons. The van der Waals surface area contributed by atoms with Crippen LogP contribution in [-0.2, 0) is 0 Å². The van der Waals surface area contributed by atoms with Crippen LogP contribution in [0.4, 0.5) is 0 Å². The molecule has 0 bridgehead atoms. The molecule has 5 heterocycles. The number of aromatic nitrogens is 5. The van der Waals surface area contributed by atoms with Crippen LogP contribution in [0.5, 0.6) is 0 Å². The molecule has 252 valence electrons. The molecule has 0 fully saturated rings. The minimum absolute atomic E-state index is 0.857. The molecule has 0 aliphatic carbocycles. The lowest BCUT2D eigenvalue weighted by molar-refractivity contribution is 0.980. The van der Waals surface area contributed by atoms with Gasteiger partial charge in [-0.2, -0.15) is 5.10 Å². The van der Waals surface area contributed by atoms with E-state index in [0.717, 1.165) is 60.7 Å². The highest BCUT2D eigenvalue weighted by Gasteiger charge is 2.23. The number of imidazole rings is 1. The van der Waals surface area contributed by atoms with E-state index in [1.807, 2.05) is 6.07 Å². The topological polar surface area (TPSA) is 40.0 Å². The van der Waals surface area contributed by atoms with Gasteiger partial charge >= 0.3 is 0 Å². The molecule has 5 aromatic heterocycles. The second-order valence-electron chi connectivity index (χ2n) is 13.9. The Labute approximate surface area is 313 Å². The van der Waals surface area contributed by atoms with Crippen LogP contribution in [0.1, 0.15) is 0 Å². The number of nitrogens with zero attached hydrogens (tertiary/aromatic N) is 5. The molecule has 5 nitrogen and oxygen atoms in total. The fourth-order valence-corrected chi connectivity index (χ4v) is 9.63. The molecule has 0 saturated carbocycles. The van der Waals surface area contributed by atoms with Gasteiger partial charge in [0.05, 0.1) is 33.4 Å². The third-order valence-corrected chi connectivity index (χ3v) is 12.0. The molecule has 12 rings (SSSR count). The van der Waals surface area contributed by atoms with Gasteiger partial charge in [-0.05, 0) is 60.2 Å². The lowest BCUT2D eigenvalue weighted by Gasteiger charge is -2.11. The van der Waals surface area contributed by atoms with Crippen LogP contribution in [0.25, 0.3) is 103 Å². The van der Waals surface area contributed by atoms with E-state index in [9.17, 15) is 0 Å². The summed E-state index contributed by atoms with van der Waals surface area (Å²) >= 11 is 1.75. The predicted octanol–water partition coefficient (Wildman–Crippen LogP) is 12.6. The van der Waals surface area contributed by atoms with E-state index in [1.54, 1.807) is 11.3 Å². The smallest absolute Gasteiger partial charge is 0.163 e. The number of benzene rings is 7. The van der Waals surface area contributed by atoms with E-state index in [2.05, 4.69) is 184 Å². The normalized spacial score (nSPS) is 12.1. The Morgan fingerprint density at radius 3 is 1.80 bits per heavy atom. The molecular formula is C48H29N5S. The minimum atomic E-state index is 0.857. The molecule has 54 heavy (non-hydrogen) atoms. The maximum Gasteiger partial charge on any atom is 0.163 e. The molecule has 0 N–H and O–H groups in total. The molecule has 6 heteroatoms. The summed E-state index contributed by atoms with van der Waals surface area (Å²) < 4.78 is 8.11. The van der Waals surface area contributed by atoms with Crippen molar-refractivity contribution in [1.82, 2.24) is 23.7 Å². The van der Waals surface area contributed by atoms with Crippen LogP contribution in [0.15, 0.2) is 176 Å². The van der Waals surface area contributed by atoms with Crippen molar-refractivity contribution in [3.05, 3.63) is 176 Å². The average Bonchev–Trinajstić information content (AvgIpc) is 3.97. The average molecular weight is 708 g/mol. The maximum atomic E-state index is 5.47. The Morgan fingerprint density at radius 2 is 1.07 bits per heavy atom. The largest absolute Gasteiger partial charge is 0.309 e. The Balaban J connectivity index is 1.20. The molecule has 0 aliphatic rings. The van der Waals surface area contributed by atoms with Gasteiger partial charge in [0.1, 0.15) is 10.3 Å². The second-order valence-corrected chi connectivity index (χ2v) is 14.9. The minimum Gasteiger partial charge on any atom is -0.309 e. The monoisotopic (exact) mass is 707 g/mol. The highest BCUT2D eigenvalue weighted by Crippen LogP contribution is 2.44. The Hall–Kier alpha value is -7.02. The summed E-state index contributed by atoms with van der Waals surface area (Å²) in [6.07, 6.45) is 0. The van der Waals surface area contributed by atoms with Crippen molar-refractivity contribution in [2.75, 3.05) is 0 Å². The van der Waals surface area contributed by atoms with E-state index in [1.165, 1.54) is 42.8 Å². The zero-order valence-corrected chi connectivity index (χ0v) is 29.7.